The number of fused-ring (bicyclic) bond motifs is 6. The van der Waals surface area contributed by atoms with Crippen LogP contribution >= 0.6 is 0 Å². The number of aromatic hydroxyl groups is 1. The van der Waals surface area contributed by atoms with E-state index in [9.17, 15) is 5.11 Å². The summed E-state index contributed by atoms with van der Waals surface area (Å²) in [5.74, 6) is 0.530. The second-order valence-electron chi connectivity index (χ2n) is 8.25. The van der Waals surface area contributed by atoms with Crippen molar-refractivity contribution in [2.45, 2.75) is 83.4 Å². The molecule has 0 aromatic heterocycles. The summed E-state index contributed by atoms with van der Waals surface area (Å²) < 4.78 is 18.8. The molecule has 4 heteroatoms. The fraction of sp³-hybridized carbons (Fsp3) is 0.619. The van der Waals surface area contributed by atoms with Crippen LogP contribution < -0.4 is 4.74 Å². The van der Waals surface area contributed by atoms with Gasteiger partial charge in [-0.3, -0.25) is 0 Å². The summed E-state index contributed by atoms with van der Waals surface area (Å²) in [6, 6.07) is 1.80. The molecule has 0 radical (unpaired) electrons. The van der Waals surface area contributed by atoms with E-state index in [-0.39, 0.29) is 17.8 Å². The zero-order valence-electron chi connectivity index (χ0n) is 15.6. The van der Waals surface area contributed by atoms with Crippen molar-refractivity contribution in [2.75, 3.05) is 0 Å². The van der Waals surface area contributed by atoms with Crippen LogP contribution in [0.25, 0.3) is 6.08 Å². The van der Waals surface area contributed by atoms with E-state index < -0.39 is 5.79 Å². The first-order valence-electron chi connectivity index (χ1n) is 9.44. The second kappa shape index (κ2) is 5.75. The topological polar surface area (TPSA) is 47.9 Å². The van der Waals surface area contributed by atoms with Gasteiger partial charge in [-0.15, -0.1) is 0 Å². The summed E-state index contributed by atoms with van der Waals surface area (Å²) in [7, 11) is 0. The minimum absolute atomic E-state index is 0.00565. The Balaban J connectivity index is 1.75. The van der Waals surface area contributed by atoms with Gasteiger partial charge in [0.05, 0.1) is 6.10 Å². The molecule has 3 heterocycles. The predicted octanol–water partition coefficient (Wildman–Crippen LogP) is 4.89. The molecular weight excluding hydrogens is 316 g/mol. The van der Waals surface area contributed by atoms with Crippen LogP contribution in [0.15, 0.2) is 12.1 Å². The van der Waals surface area contributed by atoms with Gasteiger partial charge in [-0.25, -0.2) is 0 Å². The van der Waals surface area contributed by atoms with Gasteiger partial charge in [0.25, 0.3) is 0 Å². The van der Waals surface area contributed by atoms with E-state index in [4.69, 9.17) is 14.2 Å². The fourth-order valence-corrected chi connectivity index (χ4v) is 4.28. The quantitative estimate of drug-likeness (QED) is 0.790. The Labute approximate surface area is 149 Å². The largest absolute Gasteiger partial charge is 0.508 e. The van der Waals surface area contributed by atoms with Crippen LogP contribution in [0.1, 0.15) is 76.2 Å². The summed E-state index contributed by atoms with van der Waals surface area (Å²) in [5.41, 5.74) is 2.49. The van der Waals surface area contributed by atoms with Gasteiger partial charge in [0, 0.05) is 23.1 Å². The van der Waals surface area contributed by atoms with E-state index in [1.54, 1.807) is 6.07 Å². The molecule has 0 spiro atoms. The van der Waals surface area contributed by atoms with E-state index in [1.165, 1.54) is 12.8 Å². The van der Waals surface area contributed by atoms with Crippen LogP contribution in [0, 0.1) is 0 Å². The minimum atomic E-state index is -0.634. The molecule has 136 valence electrons. The summed E-state index contributed by atoms with van der Waals surface area (Å²) in [5, 5.41) is 10.7. The van der Waals surface area contributed by atoms with Gasteiger partial charge in [0.2, 0.25) is 0 Å². The Kier molecular flexibility index (Phi) is 3.89. The van der Waals surface area contributed by atoms with Crippen LogP contribution in [0.2, 0.25) is 0 Å². The summed E-state index contributed by atoms with van der Waals surface area (Å²) in [6.07, 6.45) is 8.89. The number of phenolic OH excluding ortho intramolecular Hbond substituents is 1. The fourth-order valence-electron chi connectivity index (χ4n) is 4.28. The van der Waals surface area contributed by atoms with Gasteiger partial charge in [0.15, 0.2) is 5.79 Å². The van der Waals surface area contributed by atoms with Crippen molar-refractivity contribution >= 4 is 6.08 Å². The number of hydrogen-bond donors (Lipinski definition) is 1. The highest BCUT2D eigenvalue weighted by Crippen LogP contribution is 2.54. The lowest BCUT2D eigenvalue weighted by molar-refractivity contribution is -0.166. The number of ether oxygens (including phenoxy) is 3. The van der Waals surface area contributed by atoms with E-state index in [0.29, 0.717) is 12.2 Å². The highest BCUT2D eigenvalue weighted by molar-refractivity contribution is 5.69. The molecule has 0 amide bonds. The van der Waals surface area contributed by atoms with Crippen LogP contribution in [0.4, 0.5) is 0 Å². The molecule has 3 aliphatic heterocycles. The monoisotopic (exact) mass is 344 g/mol. The van der Waals surface area contributed by atoms with E-state index in [2.05, 4.69) is 6.92 Å². The van der Waals surface area contributed by atoms with Gasteiger partial charge < -0.3 is 19.3 Å². The predicted molar refractivity (Wildman–Crippen MR) is 96.8 cm³/mol. The minimum Gasteiger partial charge on any atom is -0.508 e. The molecule has 1 aromatic carbocycles. The number of unbranched alkanes of at least 4 members (excludes halogenated alkanes) is 2. The number of phenols is 1. The molecule has 4 nitrogen and oxygen atoms in total. The van der Waals surface area contributed by atoms with E-state index in [0.717, 1.165) is 35.3 Å². The normalized spacial score (nSPS) is 31.4. The van der Waals surface area contributed by atoms with Crippen molar-refractivity contribution in [1.29, 1.82) is 0 Å². The molecule has 4 rings (SSSR count). The Hall–Kier alpha value is -1.52. The first kappa shape index (κ1) is 16.9. The van der Waals surface area contributed by atoms with Gasteiger partial charge in [-0.05, 0) is 39.3 Å². The lowest BCUT2D eigenvalue weighted by atomic mass is 9.87. The van der Waals surface area contributed by atoms with Gasteiger partial charge in [0.1, 0.15) is 23.2 Å². The smallest absolute Gasteiger partial charge is 0.171 e. The third kappa shape index (κ3) is 2.85. The Bertz CT molecular complexity index is 721. The van der Waals surface area contributed by atoms with Crippen molar-refractivity contribution in [3.8, 4) is 11.5 Å². The maximum Gasteiger partial charge on any atom is 0.171 e. The Morgan fingerprint density at radius 1 is 1.20 bits per heavy atom. The highest BCUT2D eigenvalue weighted by Gasteiger charge is 2.52. The molecule has 3 aliphatic rings. The third-order valence-electron chi connectivity index (χ3n) is 5.45. The maximum atomic E-state index is 10.7. The van der Waals surface area contributed by atoms with Crippen molar-refractivity contribution in [1.82, 2.24) is 0 Å². The molecule has 2 bridgehead atoms. The number of rotatable bonds is 4. The first-order valence-corrected chi connectivity index (χ1v) is 9.44. The van der Waals surface area contributed by atoms with Gasteiger partial charge >= 0.3 is 0 Å². The molecule has 25 heavy (non-hydrogen) atoms. The lowest BCUT2D eigenvalue weighted by Gasteiger charge is -2.35. The van der Waals surface area contributed by atoms with Gasteiger partial charge in [-0.1, -0.05) is 32.3 Å². The maximum absolute atomic E-state index is 10.7. The molecule has 1 aromatic rings. The number of benzene rings is 1. The van der Waals surface area contributed by atoms with Crippen LogP contribution in [-0.2, 0) is 15.9 Å². The zero-order valence-corrected chi connectivity index (χ0v) is 15.6. The molecule has 0 aliphatic carbocycles. The van der Waals surface area contributed by atoms with Crippen LogP contribution in [0.3, 0.4) is 0 Å². The summed E-state index contributed by atoms with van der Waals surface area (Å²) in [6.45, 7) is 8.30. The standard InChI is InChI=1S/C21H28O4/c1-5-6-7-8-16-19-17-14(12-21(4,23-16)25-19)18-13(11-15(17)22)9-10-20(2,3)24-18/h9-11,16,19,22H,5-8,12H2,1-4H3/t16-,19+,21+/m0/s1. The molecule has 1 fully saturated rings. The second-order valence-corrected chi connectivity index (χ2v) is 8.25. The molecule has 0 saturated carbocycles. The molecule has 1 saturated heterocycles. The van der Waals surface area contributed by atoms with Crippen molar-refractivity contribution < 1.29 is 19.3 Å². The van der Waals surface area contributed by atoms with Crippen molar-refractivity contribution in [3.05, 3.63) is 28.8 Å². The zero-order chi connectivity index (χ0) is 17.8. The highest BCUT2D eigenvalue weighted by atomic mass is 16.8. The van der Waals surface area contributed by atoms with E-state index in [1.807, 2.05) is 32.9 Å². The molecular formula is C21H28O4. The molecule has 0 unspecified atom stereocenters. The molecule has 1 N–H and O–H groups in total. The molecule has 3 atom stereocenters. The average Bonchev–Trinajstić information content (AvgIpc) is 2.79. The van der Waals surface area contributed by atoms with Crippen molar-refractivity contribution in [3.63, 3.8) is 0 Å². The van der Waals surface area contributed by atoms with Gasteiger partial charge in [-0.2, -0.15) is 0 Å². The van der Waals surface area contributed by atoms with Crippen LogP contribution in [-0.4, -0.2) is 22.6 Å². The SMILES string of the molecule is CCCCC[C@@H]1O[C@@]2(C)Cc3c4c(cc(O)c3[C@@H]1O2)C=CC(C)(C)O4. The number of hydrogen-bond acceptors (Lipinski definition) is 4. The summed E-state index contributed by atoms with van der Waals surface area (Å²) in [4.78, 5) is 0. The third-order valence-corrected chi connectivity index (χ3v) is 5.45. The van der Waals surface area contributed by atoms with E-state index >= 15 is 0 Å². The summed E-state index contributed by atoms with van der Waals surface area (Å²) >= 11 is 0. The van der Waals surface area contributed by atoms with Crippen molar-refractivity contribution in [2.24, 2.45) is 0 Å². The van der Waals surface area contributed by atoms with Crippen LogP contribution in [0.5, 0.6) is 11.5 Å². The Morgan fingerprint density at radius 3 is 2.76 bits per heavy atom. The average molecular weight is 344 g/mol. The Morgan fingerprint density at radius 2 is 2.00 bits per heavy atom. The lowest BCUT2D eigenvalue weighted by Crippen LogP contribution is -2.34. The first-order chi connectivity index (χ1) is 11.8.